The Morgan fingerprint density at radius 3 is 2.62 bits per heavy atom. The average Bonchev–Trinajstić information content (AvgIpc) is 2.87. The van der Waals surface area contributed by atoms with Crippen LogP contribution in [0.25, 0.3) is 5.69 Å². The minimum Gasteiger partial charge on any atom is -0.508 e. The van der Waals surface area contributed by atoms with E-state index in [-0.39, 0.29) is 29.4 Å². The van der Waals surface area contributed by atoms with E-state index in [9.17, 15) is 18.7 Å². The molecule has 1 N–H and O–H groups in total. The maximum atomic E-state index is 14.2. The predicted molar refractivity (Wildman–Crippen MR) is 79.0 cm³/mol. The van der Waals surface area contributed by atoms with Crippen molar-refractivity contribution in [1.82, 2.24) is 19.8 Å². The highest BCUT2D eigenvalue weighted by atomic mass is 19.1. The summed E-state index contributed by atoms with van der Waals surface area (Å²) in [6.45, 7) is -0.341. The fourth-order valence-electron chi connectivity index (χ4n) is 2.11. The van der Waals surface area contributed by atoms with Crippen molar-refractivity contribution in [1.29, 1.82) is 0 Å². The van der Waals surface area contributed by atoms with Gasteiger partial charge in [0.05, 0.1) is 11.3 Å². The first-order valence-corrected chi connectivity index (χ1v) is 6.85. The van der Waals surface area contributed by atoms with Gasteiger partial charge in [0.1, 0.15) is 18.2 Å². The number of aromatic hydroxyl groups is 1. The number of rotatable bonds is 4. The van der Waals surface area contributed by atoms with E-state index >= 15 is 0 Å². The summed E-state index contributed by atoms with van der Waals surface area (Å²) < 4.78 is 35.0. The van der Waals surface area contributed by atoms with E-state index in [0.29, 0.717) is 0 Å². The normalized spacial score (nSPS) is 10.8. The minimum absolute atomic E-state index is 0.0209. The van der Waals surface area contributed by atoms with Crippen molar-refractivity contribution < 1.29 is 18.6 Å². The fraction of sp³-hybridized carbons (Fsp3) is 0.133. The lowest BCUT2D eigenvalue weighted by atomic mass is 10.1. The van der Waals surface area contributed by atoms with Crippen LogP contribution in [0.1, 0.15) is 5.56 Å². The molecule has 1 aromatic heterocycles. The van der Waals surface area contributed by atoms with Gasteiger partial charge in [-0.1, -0.05) is 6.07 Å². The van der Waals surface area contributed by atoms with Crippen LogP contribution >= 0.6 is 0 Å². The van der Waals surface area contributed by atoms with Crippen LogP contribution in [0.2, 0.25) is 0 Å². The van der Waals surface area contributed by atoms with Gasteiger partial charge in [0.15, 0.2) is 11.6 Å². The first kappa shape index (κ1) is 15.7. The highest BCUT2D eigenvalue weighted by Gasteiger charge is 2.16. The molecule has 9 heteroatoms. The van der Waals surface area contributed by atoms with Crippen LogP contribution in [0.3, 0.4) is 0 Å². The van der Waals surface area contributed by atoms with Crippen LogP contribution in [-0.4, -0.2) is 24.9 Å². The molecule has 7 nitrogen and oxygen atoms in total. The summed E-state index contributed by atoms with van der Waals surface area (Å²) >= 11 is 0. The second kappa shape index (κ2) is 6.11. The molecule has 0 radical (unpaired) electrons. The molecule has 1 heterocycles. The standard InChI is InChI=1S/C15H12F2N4O3/c1-20-15(23)21(19-18-20)13-4-2-3-11(16)10(13)8-24-14-6-5-9(22)7-12(14)17/h2-7,22H,8H2,1H3. The van der Waals surface area contributed by atoms with E-state index in [1.165, 1.54) is 37.4 Å². The number of hydrogen-bond acceptors (Lipinski definition) is 5. The molecule has 0 spiro atoms. The Morgan fingerprint density at radius 1 is 1.17 bits per heavy atom. The predicted octanol–water partition coefficient (Wildman–Crippen LogP) is 1.53. The maximum Gasteiger partial charge on any atom is 0.368 e. The van der Waals surface area contributed by atoms with E-state index in [2.05, 4.69) is 10.4 Å². The van der Waals surface area contributed by atoms with Gasteiger partial charge in [0.25, 0.3) is 0 Å². The van der Waals surface area contributed by atoms with Crippen molar-refractivity contribution in [3.63, 3.8) is 0 Å². The number of aryl methyl sites for hydroxylation is 1. The Labute approximate surface area is 134 Å². The number of phenolic OH excluding ortho intramolecular Hbond substituents is 1. The van der Waals surface area contributed by atoms with Crippen LogP contribution in [0.4, 0.5) is 8.78 Å². The average molecular weight is 334 g/mol. The Morgan fingerprint density at radius 2 is 1.96 bits per heavy atom. The van der Waals surface area contributed by atoms with E-state index in [1.807, 2.05) is 0 Å². The van der Waals surface area contributed by atoms with Crippen molar-refractivity contribution in [3.05, 3.63) is 64.1 Å². The summed E-state index contributed by atoms with van der Waals surface area (Å²) in [5.74, 6) is -1.83. The fourth-order valence-corrected chi connectivity index (χ4v) is 2.11. The summed E-state index contributed by atoms with van der Waals surface area (Å²) in [6, 6.07) is 7.43. The Hall–Kier alpha value is -3.23. The quantitative estimate of drug-likeness (QED) is 0.782. The third-order valence-electron chi connectivity index (χ3n) is 3.33. The smallest absolute Gasteiger partial charge is 0.368 e. The molecule has 0 amide bonds. The number of tetrazole rings is 1. The Kier molecular flexibility index (Phi) is 3.98. The van der Waals surface area contributed by atoms with Crippen LogP contribution in [-0.2, 0) is 13.7 Å². The van der Waals surface area contributed by atoms with Gasteiger partial charge in [-0.05, 0) is 34.7 Å². The molecule has 0 saturated heterocycles. The third kappa shape index (κ3) is 2.83. The molecule has 24 heavy (non-hydrogen) atoms. The van der Waals surface area contributed by atoms with Crippen molar-refractivity contribution in [2.24, 2.45) is 7.05 Å². The molecule has 124 valence electrons. The summed E-state index contributed by atoms with van der Waals surface area (Å²) in [5.41, 5.74) is -0.391. The van der Waals surface area contributed by atoms with Gasteiger partial charge in [-0.25, -0.2) is 13.6 Å². The van der Waals surface area contributed by atoms with Gasteiger partial charge in [0, 0.05) is 13.1 Å². The number of hydrogen-bond donors (Lipinski definition) is 1. The summed E-state index contributed by atoms with van der Waals surface area (Å²) in [6.07, 6.45) is 0. The lowest BCUT2D eigenvalue weighted by Gasteiger charge is -2.11. The van der Waals surface area contributed by atoms with Crippen LogP contribution in [0.5, 0.6) is 11.5 Å². The highest BCUT2D eigenvalue weighted by molar-refractivity contribution is 5.41. The van der Waals surface area contributed by atoms with Gasteiger partial charge < -0.3 is 9.84 Å². The largest absolute Gasteiger partial charge is 0.508 e. The molecule has 0 bridgehead atoms. The van der Waals surface area contributed by atoms with E-state index in [4.69, 9.17) is 4.74 Å². The first-order chi connectivity index (χ1) is 11.5. The number of nitrogens with zero attached hydrogens (tertiary/aromatic N) is 4. The third-order valence-corrected chi connectivity index (χ3v) is 3.33. The first-order valence-electron chi connectivity index (χ1n) is 6.85. The van der Waals surface area contributed by atoms with Gasteiger partial charge in [-0.15, -0.1) is 0 Å². The van der Waals surface area contributed by atoms with E-state index in [0.717, 1.165) is 15.4 Å². The molecule has 0 aliphatic rings. The van der Waals surface area contributed by atoms with Gasteiger partial charge in [-0.2, -0.15) is 9.36 Å². The van der Waals surface area contributed by atoms with Gasteiger partial charge >= 0.3 is 5.69 Å². The Balaban J connectivity index is 1.96. The lowest BCUT2D eigenvalue weighted by molar-refractivity contribution is 0.283. The molecule has 0 aliphatic carbocycles. The molecule has 0 saturated carbocycles. The van der Waals surface area contributed by atoms with Crippen LogP contribution in [0.15, 0.2) is 41.2 Å². The summed E-state index contributed by atoms with van der Waals surface area (Å²) in [5, 5.41) is 16.4. The molecule has 0 atom stereocenters. The lowest BCUT2D eigenvalue weighted by Crippen LogP contribution is -2.23. The van der Waals surface area contributed by atoms with E-state index in [1.54, 1.807) is 0 Å². The molecular formula is C15H12F2N4O3. The number of halogens is 2. The van der Waals surface area contributed by atoms with Crippen molar-refractivity contribution in [2.75, 3.05) is 0 Å². The number of benzene rings is 2. The van der Waals surface area contributed by atoms with E-state index < -0.39 is 17.3 Å². The highest BCUT2D eigenvalue weighted by Crippen LogP contribution is 2.24. The van der Waals surface area contributed by atoms with Crippen molar-refractivity contribution in [3.8, 4) is 17.2 Å². The van der Waals surface area contributed by atoms with Crippen LogP contribution < -0.4 is 10.4 Å². The monoisotopic (exact) mass is 334 g/mol. The zero-order chi connectivity index (χ0) is 17.3. The maximum absolute atomic E-state index is 14.2. The number of aromatic nitrogens is 4. The van der Waals surface area contributed by atoms with Crippen molar-refractivity contribution >= 4 is 0 Å². The molecule has 2 aromatic carbocycles. The summed E-state index contributed by atoms with van der Waals surface area (Å²) in [7, 11) is 1.41. The zero-order valence-corrected chi connectivity index (χ0v) is 12.5. The van der Waals surface area contributed by atoms with Gasteiger partial charge in [-0.3, -0.25) is 0 Å². The molecule has 0 fully saturated rings. The second-order valence-corrected chi connectivity index (χ2v) is 4.94. The molecular weight excluding hydrogens is 322 g/mol. The van der Waals surface area contributed by atoms with Gasteiger partial charge in [0.2, 0.25) is 0 Å². The van der Waals surface area contributed by atoms with Crippen LogP contribution in [0, 0.1) is 11.6 Å². The second-order valence-electron chi connectivity index (χ2n) is 4.94. The number of ether oxygens (including phenoxy) is 1. The van der Waals surface area contributed by atoms with Crippen molar-refractivity contribution in [2.45, 2.75) is 6.61 Å². The summed E-state index contributed by atoms with van der Waals surface area (Å²) in [4.78, 5) is 11.9. The number of phenols is 1. The minimum atomic E-state index is -0.787. The molecule has 3 aromatic rings. The molecule has 3 rings (SSSR count). The topological polar surface area (TPSA) is 82.2 Å². The SMILES string of the molecule is Cn1nnn(-c2cccc(F)c2COc2ccc(O)cc2F)c1=O. The molecule has 0 aliphatic heterocycles. The Bertz CT molecular complexity index is 952. The zero-order valence-electron chi connectivity index (χ0n) is 12.5. The molecule has 0 unspecified atom stereocenters.